The summed E-state index contributed by atoms with van der Waals surface area (Å²) in [6, 6.07) is 1.41. The van der Waals surface area contributed by atoms with Gasteiger partial charge in [-0.1, -0.05) is 0 Å². The SMILES string of the molecule is CC(C)N1CCOC2(CC2CC(C)N2CCC3(CC2)CC3)C1. The molecule has 2 spiro atoms. The molecule has 3 nitrogen and oxygen atoms in total. The van der Waals surface area contributed by atoms with Crippen LogP contribution in [0.15, 0.2) is 0 Å². The summed E-state index contributed by atoms with van der Waals surface area (Å²) in [6.45, 7) is 13.0. The average molecular weight is 306 g/mol. The molecule has 0 aromatic carbocycles. The van der Waals surface area contributed by atoms with E-state index in [0.29, 0.717) is 6.04 Å². The highest BCUT2D eigenvalue weighted by atomic mass is 16.5. The summed E-state index contributed by atoms with van der Waals surface area (Å²) in [5.41, 5.74) is 1.03. The zero-order valence-electron chi connectivity index (χ0n) is 14.8. The van der Waals surface area contributed by atoms with Gasteiger partial charge < -0.3 is 9.64 Å². The van der Waals surface area contributed by atoms with Gasteiger partial charge in [-0.15, -0.1) is 0 Å². The molecule has 3 atom stereocenters. The van der Waals surface area contributed by atoms with Gasteiger partial charge in [0, 0.05) is 25.2 Å². The first-order valence-corrected chi connectivity index (χ1v) is 9.64. The Morgan fingerprint density at radius 2 is 1.73 bits per heavy atom. The van der Waals surface area contributed by atoms with E-state index in [9.17, 15) is 0 Å². The summed E-state index contributed by atoms with van der Waals surface area (Å²) < 4.78 is 6.24. The van der Waals surface area contributed by atoms with Crippen LogP contribution in [-0.4, -0.2) is 60.3 Å². The number of ether oxygens (including phenoxy) is 1. The van der Waals surface area contributed by atoms with Crippen LogP contribution in [0, 0.1) is 11.3 Å². The molecule has 22 heavy (non-hydrogen) atoms. The van der Waals surface area contributed by atoms with Gasteiger partial charge in [0.1, 0.15) is 0 Å². The van der Waals surface area contributed by atoms with Gasteiger partial charge in [-0.25, -0.2) is 0 Å². The van der Waals surface area contributed by atoms with Gasteiger partial charge in [0.15, 0.2) is 0 Å². The quantitative estimate of drug-likeness (QED) is 0.793. The third-order valence-electron chi connectivity index (χ3n) is 7.21. The predicted octanol–water partition coefficient (Wildman–Crippen LogP) is 3.14. The summed E-state index contributed by atoms with van der Waals surface area (Å²) in [6.07, 6.45) is 8.60. The highest BCUT2D eigenvalue weighted by Crippen LogP contribution is 2.55. The highest BCUT2D eigenvalue weighted by molar-refractivity contribution is 5.10. The fourth-order valence-electron chi connectivity index (χ4n) is 4.98. The van der Waals surface area contributed by atoms with Gasteiger partial charge >= 0.3 is 0 Å². The smallest absolute Gasteiger partial charge is 0.0842 e. The van der Waals surface area contributed by atoms with Crippen molar-refractivity contribution in [1.82, 2.24) is 9.80 Å². The maximum absolute atomic E-state index is 6.24. The maximum Gasteiger partial charge on any atom is 0.0842 e. The molecule has 2 aliphatic carbocycles. The zero-order chi connectivity index (χ0) is 15.4. The molecular formula is C19H34N2O. The van der Waals surface area contributed by atoms with Crippen LogP contribution in [0.3, 0.4) is 0 Å². The van der Waals surface area contributed by atoms with Crippen molar-refractivity contribution in [2.45, 2.75) is 77.0 Å². The number of morpholine rings is 1. The lowest BCUT2D eigenvalue weighted by Gasteiger charge is -2.38. The first-order valence-electron chi connectivity index (χ1n) is 9.64. The van der Waals surface area contributed by atoms with E-state index in [1.807, 2.05) is 0 Å². The number of nitrogens with zero attached hydrogens (tertiary/aromatic N) is 2. The van der Waals surface area contributed by atoms with Gasteiger partial charge in [0.05, 0.1) is 12.2 Å². The normalized spacial score (nSPS) is 39.5. The van der Waals surface area contributed by atoms with Crippen LogP contribution in [0.1, 0.15) is 59.3 Å². The average Bonchev–Trinajstić information content (AvgIpc) is 3.40. The largest absolute Gasteiger partial charge is 0.372 e. The molecular weight excluding hydrogens is 272 g/mol. The van der Waals surface area contributed by atoms with Crippen LogP contribution in [0.2, 0.25) is 0 Å². The first kappa shape index (κ1) is 15.4. The molecule has 2 saturated heterocycles. The molecule has 2 heterocycles. The van der Waals surface area contributed by atoms with E-state index < -0.39 is 0 Å². The Labute approximate surface area is 136 Å². The van der Waals surface area contributed by atoms with Crippen LogP contribution in [0.4, 0.5) is 0 Å². The Kier molecular flexibility index (Phi) is 3.82. The minimum Gasteiger partial charge on any atom is -0.372 e. The fraction of sp³-hybridized carbons (Fsp3) is 1.00. The molecule has 2 saturated carbocycles. The molecule has 0 bridgehead atoms. The van der Waals surface area contributed by atoms with Crippen molar-refractivity contribution < 1.29 is 4.74 Å². The standard InChI is InChI=1S/C19H34N2O/c1-15(2)21-10-11-22-19(14-21)13-17(19)12-16(3)20-8-6-18(4-5-18)7-9-20/h15-17H,4-14H2,1-3H3. The van der Waals surface area contributed by atoms with Crippen LogP contribution in [-0.2, 0) is 4.74 Å². The molecule has 2 aliphatic heterocycles. The monoisotopic (exact) mass is 306 g/mol. The Morgan fingerprint density at radius 1 is 1.00 bits per heavy atom. The number of hydrogen-bond donors (Lipinski definition) is 0. The van der Waals surface area contributed by atoms with Crippen LogP contribution >= 0.6 is 0 Å². The van der Waals surface area contributed by atoms with Gasteiger partial charge in [-0.05, 0) is 83.7 Å². The Morgan fingerprint density at radius 3 is 2.36 bits per heavy atom. The van der Waals surface area contributed by atoms with Crippen molar-refractivity contribution in [3.05, 3.63) is 0 Å². The molecule has 0 radical (unpaired) electrons. The fourth-order valence-corrected chi connectivity index (χ4v) is 4.98. The van der Waals surface area contributed by atoms with Crippen molar-refractivity contribution in [3.8, 4) is 0 Å². The summed E-state index contributed by atoms with van der Waals surface area (Å²) in [5, 5.41) is 0. The van der Waals surface area contributed by atoms with Gasteiger partial charge in [0.25, 0.3) is 0 Å². The summed E-state index contributed by atoms with van der Waals surface area (Å²) in [4.78, 5) is 5.38. The maximum atomic E-state index is 6.24. The second-order valence-corrected chi connectivity index (χ2v) is 9.00. The summed E-state index contributed by atoms with van der Waals surface area (Å²) >= 11 is 0. The van der Waals surface area contributed by atoms with Crippen LogP contribution in [0.25, 0.3) is 0 Å². The molecule has 0 aromatic rings. The predicted molar refractivity (Wildman–Crippen MR) is 90.1 cm³/mol. The third-order valence-corrected chi connectivity index (χ3v) is 7.21. The minimum atomic E-state index is 0.226. The molecule has 0 N–H and O–H groups in total. The van der Waals surface area contributed by atoms with Crippen molar-refractivity contribution >= 4 is 0 Å². The summed E-state index contributed by atoms with van der Waals surface area (Å²) in [5.74, 6) is 0.806. The van der Waals surface area contributed by atoms with E-state index in [1.165, 1.54) is 58.2 Å². The van der Waals surface area contributed by atoms with Gasteiger partial charge in [-0.3, -0.25) is 4.90 Å². The topological polar surface area (TPSA) is 15.7 Å². The van der Waals surface area contributed by atoms with E-state index in [1.54, 1.807) is 0 Å². The van der Waals surface area contributed by atoms with Crippen molar-refractivity contribution in [1.29, 1.82) is 0 Å². The molecule has 0 amide bonds. The number of rotatable bonds is 4. The molecule has 4 rings (SSSR count). The summed E-state index contributed by atoms with van der Waals surface area (Å²) in [7, 11) is 0. The Balaban J connectivity index is 1.27. The molecule has 0 aromatic heterocycles. The lowest BCUT2D eigenvalue weighted by molar-refractivity contribution is -0.0666. The molecule has 3 heteroatoms. The van der Waals surface area contributed by atoms with E-state index in [-0.39, 0.29) is 5.60 Å². The van der Waals surface area contributed by atoms with Crippen LogP contribution in [0.5, 0.6) is 0 Å². The van der Waals surface area contributed by atoms with Crippen molar-refractivity contribution in [3.63, 3.8) is 0 Å². The van der Waals surface area contributed by atoms with E-state index in [0.717, 1.165) is 30.5 Å². The van der Waals surface area contributed by atoms with E-state index in [4.69, 9.17) is 4.74 Å². The second kappa shape index (κ2) is 5.46. The Hall–Kier alpha value is -0.120. The van der Waals surface area contributed by atoms with Crippen LogP contribution < -0.4 is 0 Å². The zero-order valence-corrected chi connectivity index (χ0v) is 14.8. The number of piperidine rings is 1. The molecule has 4 aliphatic rings. The Bertz CT molecular complexity index is 410. The van der Waals surface area contributed by atoms with E-state index >= 15 is 0 Å². The number of hydrogen-bond acceptors (Lipinski definition) is 3. The second-order valence-electron chi connectivity index (χ2n) is 9.00. The van der Waals surface area contributed by atoms with E-state index in [2.05, 4.69) is 30.6 Å². The van der Waals surface area contributed by atoms with Gasteiger partial charge in [0.2, 0.25) is 0 Å². The third kappa shape index (κ3) is 2.85. The first-order chi connectivity index (χ1) is 10.5. The molecule has 4 fully saturated rings. The lowest BCUT2D eigenvalue weighted by atomic mass is 9.92. The van der Waals surface area contributed by atoms with Crippen molar-refractivity contribution in [2.24, 2.45) is 11.3 Å². The van der Waals surface area contributed by atoms with Crippen molar-refractivity contribution in [2.75, 3.05) is 32.8 Å². The molecule has 126 valence electrons. The highest BCUT2D eigenvalue weighted by Gasteiger charge is 2.58. The molecule has 3 unspecified atom stereocenters. The van der Waals surface area contributed by atoms with Gasteiger partial charge in [-0.2, -0.15) is 0 Å². The lowest BCUT2D eigenvalue weighted by Crippen LogP contribution is -2.48. The minimum absolute atomic E-state index is 0.226. The number of likely N-dealkylation sites (tertiary alicyclic amines) is 1.